The third-order valence-electron chi connectivity index (χ3n) is 2.87. The summed E-state index contributed by atoms with van der Waals surface area (Å²) < 4.78 is 0. The van der Waals surface area contributed by atoms with E-state index in [4.69, 9.17) is 23.2 Å². The molecule has 0 amide bonds. The molecule has 20 heavy (non-hydrogen) atoms. The second kappa shape index (κ2) is 5.26. The number of nitrogens with zero attached hydrogens (tertiary/aromatic N) is 3. The number of aromatic amines is 1. The Bertz CT molecular complexity index is 769. The molecule has 0 aliphatic carbocycles. The maximum atomic E-state index is 6.14. The molecule has 102 valence electrons. The number of rotatable bonds is 3. The fourth-order valence-corrected chi connectivity index (χ4v) is 2.40. The highest BCUT2D eigenvalue weighted by atomic mass is 35.5. The van der Waals surface area contributed by atoms with E-state index in [0.29, 0.717) is 28.1 Å². The number of hydrogen-bond acceptors (Lipinski definition) is 4. The van der Waals surface area contributed by atoms with Gasteiger partial charge in [-0.3, -0.25) is 0 Å². The predicted octanol–water partition coefficient (Wildman–Crippen LogP) is 3.58. The lowest BCUT2D eigenvalue weighted by Crippen LogP contribution is -2.03. The van der Waals surface area contributed by atoms with Crippen molar-refractivity contribution in [2.75, 3.05) is 5.32 Å². The summed E-state index contributed by atoms with van der Waals surface area (Å²) in [5, 5.41) is 4.47. The fourth-order valence-electron chi connectivity index (χ4n) is 1.92. The Morgan fingerprint density at radius 2 is 2.10 bits per heavy atom. The van der Waals surface area contributed by atoms with Crippen molar-refractivity contribution in [3.05, 3.63) is 46.0 Å². The molecular weight excluding hydrogens is 297 g/mol. The number of aromatic nitrogens is 4. The molecule has 5 nitrogen and oxygen atoms in total. The molecule has 0 fully saturated rings. The van der Waals surface area contributed by atoms with Crippen molar-refractivity contribution in [3.63, 3.8) is 0 Å². The molecule has 7 heteroatoms. The van der Waals surface area contributed by atoms with Crippen molar-refractivity contribution in [2.24, 2.45) is 0 Å². The largest absolute Gasteiger partial charge is 0.364 e. The van der Waals surface area contributed by atoms with Crippen LogP contribution in [0.2, 0.25) is 10.0 Å². The number of imidazole rings is 1. The van der Waals surface area contributed by atoms with Crippen LogP contribution in [0.4, 0.5) is 5.82 Å². The maximum absolute atomic E-state index is 6.14. The van der Waals surface area contributed by atoms with Gasteiger partial charge in [-0.05, 0) is 24.6 Å². The van der Waals surface area contributed by atoms with Crippen LogP contribution in [0.15, 0.2) is 24.5 Å². The van der Waals surface area contributed by atoms with E-state index in [1.807, 2.05) is 13.0 Å². The zero-order valence-corrected chi connectivity index (χ0v) is 12.1. The second-order valence-corrected chi connectivity index (χ2v) is 5.18. The van der Waals surface area contributed by atoms with Crippen molar-refractivity contribution >= 4 is 40.2 Å². The Balaban J connectivity index is 1.86. The van der Waals surface area contributed by atoms with Crippen molar-refractivity contribution < 1.29 is 0 Å². The van der Waals surface area contributed by atoms with E-state index in [2.05, 4.69) is 25.3 Å². The van der Waals surface area contributed by atoms with Gasteiger partial charge in [-0.15, -0.1) is 0 Å². The van der Waals surface area contributed by atoms with E-state index in [0.717, 1.165) is 16.9 Å². The lowest BCUT2D eigenvalue weighted by atomic mass is 10.2. The molecule has 2 aromatic heterocycles. The first-order valence-electron chi connectivity index (χ1n) is 5.98. The molecule has 0 saturated heterocycles. The number of halogens is 2. The Morgan fingerprint density at radius 3 is 2.90 bits per heavy atom. The van der Waals surface area contributed by atoms with Crippen molar-refractivity contribution in [1.82, 2.24) is 19.9 Å². The first-order chi connectivity index (χ1) is 9.63. The van der Waals surface area contributed by atoms with E-state index >= 15 is 0 Å². The van der Waals surface area contributed by atoms with Crippen LogP contribution in [0.3, 0.4) is 0 Å². The molecule has 2 heterocycles. The molecule has 2 N–H and O–H groups in total. The van der Waals surface area contributed by atoms with E-state index in [9.17, 15) is 0 Å². The summed E-state index contributed by atoms with van der Waals surface area (Å²) in [6, 6.07) is 5.41. The van der Waals surface area contributed by atoms with E-state index in [-0.39, 0.29) is 0 Å². The molecule has 0 saturated carbocycles. The summed E-state index contributed by atoms with van der Waals surface area (Å²) in [7, 11) is 0. The summed E-state index contributed by atoms with van der Waals surface area (Å²) >= 11 is 12.0. The Labute approximate surface area is 125 Å². The topological polar surface area (TPSA) is 66.5 Å². The van der Waals surface area contributed by atoms with Gasteiger partial charge in [-0.1, -0.05) is 29.3 Å². The summed E-state index contributed by atoms with van der Waals surface area (Å²) in [6.07, 6.45) is 1.48. The van der Waals surface area contributed by atoms with Gasteiger partial charge in [-0.2, -0.15) is 0 Å². The third-order valence-corrected chi connectivity index (χ3v) is 3.46. The molecule has 0 unspecified atom stereocenters. The molecule has 1 aromatic carbocycles. The highest BCUT2D eigenvalue weighted by molar-refractivity contribution is 6.35. The maximum Gasteiger partial charge on any atom is 0.183 e. The van der Waals surface area contributed by atoms with E-state index in [1.165, 1.54) is 6.33 Å². The Hall–Kier alpha value is -1.85. The van der Waals surface area contributed by atoms with Gasteiger partial charge in [0.05, 0.1) is 0 Å². The number of H-pyrrole nitrogens is 1. The van der Waals surface area contributed by atoms with Crippen LogP contribution in [0.25, 0.3) is 11.2 Å². The fraction of sp³-hybridized carbons (Fsp3) is 0.154. The summed E-state index contributed by atoms with van der Waals surface area (Å²) in [5.74, 6) is 1.50. The molecule has 0 atom stereocenters. The second-order valence-electron chi connectivity index (χ2n) is 4.33. The van der Waals surface area contributed by atoms with Crippen LogP contribution in [-0.4, -0.2) is 19.9 Å². The van der Waals surface area contributed by atoms with Crippen LogP contribution in [0, 0.1) is 6.92 Å². The highest BCUT2D eigenvalue weighted by Gasteiger charge is 2.08. The predicted molar refractivity (Wildman–Crippen MR) is 80.2 cm³/mol. The molecule has 3 aromatic rings. The number of anilines is 1. The van der Waals surface area contributed by atoms with Gasteiger partial charge in [-0.25, -0.2) is 15.0 Å². The highest BCUT2D eigenvalue weighted by Crippen LogP contribution is 2.23. The lowest BCUT2D eigenvalue weighted by Gasteiger charge is -2.08. The van der Waals surface area contributed by atoms with Gasteiger partial charge in [0.25, 0.3) is 0 Å². The normalized spacial score (nSPS) is 10.9. The monoisotopic (exact) mass is 307 g/mol. The summed E-state index contributed by atoms with van der Waals surface area (Å²) in [6.45, 7) is 2.42. The Morgan fingerprint density at radius 1 is 1.25 bits per heavy atom. The molecule has 0 radical (unpaired) electrons. The number of hydrogen-bond donors (Lipinski definition) is 2. The minimum absolute atomic E-state index is 0.542. The van der Waals surface area contributed by atoms with Crippen molar-refractivity contribution in [1.29, 1.82) is 0 Å². The molecule has 0 spiro atoms. The van der Waals surface area contributed by atoms with E-state index < -0.39 is 0 Å². The minimum atomic E-state index is 0.542. The molecule has 0 aliphatic rings. The molecule has 3 rings (SSSR count). The average molecular weight is 308 g/mol. The lowest BCUT2D eigenvalue weighted by molar-refractivity contribution is 1.10. The zero-order valence-electron chi connectivity index (χ0n) is 10.6. The van der Waals surface area contributed by atoms with Gasteiger partial charge in [0.1, 0.15) is 17.7 Å². The Kier molecular flexibility index (Phi) is 3.46. The van der Waals surface area contributed by atoms with Gasteiger partial charge >= 0.3 is 0 Å². The molecular formula is C13H11Cl2N5. The average Bonchev–Trinajstić information content (AvgIpc) is 2.78. The van der Waals surface area contributed by atoms with E-state index in [1.54, 1.807) is 12.1 Å². The smallest absolute Gasteiger partial charge is 0.183 e. The first-order valence-corrected chi connectivity index (χ1v) is 6.74. The minimum Gasteiger partial charge on any atom is -0.364 e. The van der Waals surface area contributed by atoms with Crippen molar-refractivity contribution in [2.45, 2.75) is 13.5 Å². The molecule has 0 aliphatic heterocycles. The number of fused-ring (bicyclic) bond motifs is 1. The van der Waals surface area contributed by atoms with Gasteiger partial charge in [0.2, 0.25) is 0 Å². The quantitative estimate of drug-likeness (QED) is 0.776. The first kappa shape index (κ1) is 13.1. The number of benzene rings is 1. The summed E-state index contributed by atoms with van der Waals surface area (Å²) in [4.78, 5) is 15.7. The summed E-state index contributed by atoms with van der Waals surface area (Å²) in [5.41, 5.74) is 2.37. The standard InChI is InChI=1S/C13H11Cl2N5/c1-7-19-11-12(17-6-18-13(11)20-7)16-5-8-2-3-9(14)4-10(8)15/h2-4,6H,5H2,1H3,(H2,16,17,18,19,20). The van der Waals surface area contributed by atoms with Crippen molar-refractivity contribution in [3.8, 4) is 0 Å². The van der Waals surface area contributed by atoms with Gasteiger partial charge in [0.15, 0.2) is 11.5 Å². The van der Waals surface area contributed by atoms with Crippen LogP contribution >= 0.6 is 23.2 Å². The molecule has 0 bridgehead atoms. The third kappa shape index (κ3) is 2.55. The number of aryl methyl sites for hydroxylation is 1. The van der Waals surface area contributed by atoms with Gasteiger partial charge < -0.3 is 10.3 Å². The SMILES string of the molecule is Cc1nc2ncnc(NCc3ccc(Cl)cc3Cl)c2[nH]1. The zero-order chi connectivity index (χ0) is 14.1. The number of nitrogens with one attached hydrogen (secondary N) is 2. The van der Waals surface area contributed by atoms with Crippen LogP contribution in [0.5, 0.6) is 0 Å². The van der Waals surface area contributed by atoms with Gasteiger partial charge in [0, 0.05) is 16.6 Å². The van der Waals surface area contributed by atoms with Crippen LogP contribution in [-0.2, 0) is 6.54 Å². The van der Waals surface area contributed by atoms with Crippen LogP contribution in [0.1, 0.15) is 11.4 Å². The van der Waals surface area contributed by atoms with Crippen LogP contribution < -0.4 is 5.32 Å².